The molecular formula is C14H21N3O2S. The number of hydrogen-bond acceptors (Lipinski definition) is 4. The maximum atomic E-state index is 11.5. The van der Waals surface area contributed by atoms with Crippen LogP contribution in [0.1, 0.15) is 23.6 Å². The van der Waals surface area contributed by atoms with Crippen LogP contribution in [0.3, 0.4) is 0 Å². The lowest BCUT2D eigenvalue weighted by atomic mass is 10.1. The first kappa shape index (κ1) is 13.9. The van der Waals surface area contributed by atoms with Crippen molar-refractivity contribution in [1.29, 1.82) is 0 Å². The van der Waals surface area contributed by atoms with Crippen LogP contribution in [-0.2, 0) is 16.4 Å². The highest BCUT2D eigenvalue weighted by Gasteiger charge is 2.32. The molecule has 0 saturated carbocycles. The fourth-order valence-electron chi connectivity index (χ4n) is 3.34. The van der Waals surface area contributed by atoms with Gasteiger partial charge in [0.05, 0.1) is 6.26 Å². The number of nitrogens with two attached hydrogens (primary N) is 1. The molecule has 1 heterocycles. The van der Waals surface area contributed by atoms with E-state index in [1.165, 1.54) is 17.4 Å². The number of nitrogen functional groups attached to an aromatic ring is 1. The molecule has 0 aromatic heterocycles. The summed E-state index contributed by atoms with van der Waals surface area (Å²) in [4.78, 5) is 2.41. The van der Waals surface area contributed by atoms with Crippen LogP contribution >= 0.6 is 0 Å². The lowest BCUT2D eigenvalue weighted by molar-refractivity contribution is 0.137. The number of piperazine rings is 1. The smallest absolute Gasteiger partial charge is 0.211 e. The van der Waals surface area contributed by atoms with Gasteiger partial charge in [-0.25, -0.2) is 8.42 Å². The minimum atomic E-state index is -3.05. The molecule has 0 bridgehead atoms. The Bertz CT molecular complexity index is 607. The number of anilines is 1. The van der Waals surface area contributed by atoms with Crippen molar-refractivity contribution in [3.05, 3.63) is 29.3 Å². The zero-order valence-corrected chi connectivity index (χ0v) is 12.6. The third-order valence-electron chi connectivity index (χ3n) is 4.40. The Morgan fingerprint density at radius 3 is 2.55 bits per heavy atom. The van der Waals surface area contributed by atoms with Crippen molar-refractivity contribution < 1.29 is 8.42 Å². The van der Waals surface area contributed by atoms with Gasteiger partial charge in [-0.3, -0.25) is 4.90 Å². The number of fused-ring (bicyclic) bond motifs is 1. The van der Waals surface area contributed by atoms with Crippen molar-refractivity contribution in [2.45, 2.75) is 18.9 Å². The fourth-order valence-corrected chi connectivity index (χ4v) is 4.17. The molecular weight excluding hydrogens is 274 g/mol. The van der Waals surface area contributed by atoms with E-state index in [1.807, 2.05) is 6.07 Å². The van der Waals surface area contributed by atoms with Crippen molar-refractivity contribution in [3.8, 4) is 0 Å². The molecule has 1 atom stereocenters. The zero-order valence-electron chi connectivity index (χ0n) is 11.7. The fraction of sp³-hybridized carbons (Fsp3) is 0.571. The largest absolute Gasteiger partial charge is 0.399 e. The monoisotopic (exact) mass is 295 g/mol. The number of rotatable bonds is 2. The highest BCUT2D eigenvalue weighted by Crippen LogP contribution is 2.37. The van der Waals surface area contributed by atoms with Gasteiger partial charge in [-0.05, 0) is 36.1 Å². The second kappa shape index (κ2) is 5.02. The molecule has 1 unspecified atom stereocenters. The van der Waals surface area contributed by atoms with Crippen LogP contribution in [0.4, 0.5) is 5.69 Å². The third kappa shape index (κ3) is 2.55. The van der Waals surface area contributed by atoms with Crippen molar-refractivity contribution in [3.63, 3.8) is 0 Å². The number of aryl methyl sites for hydroxylation is 1. The second-order valence-electron chi connectivity index (χ2n) is 5.71. The van der Waals surface area contributed by atoms with Gasteiger partial charge in [0.1, 0.15) is 0 Å². The van der Waals surface area contributed by atoms with Crippen LogP contribution in [0.15, 0.2) is 18.2 Å². The molecule has 0 spiro atoms. The quantitative estimate of drug-likeness (QED) is 0.821. The van der Waals surface area contributed by atoms with Crippen LogP contribution in [0.25, 0.3) is 0 Å². The van der Waals surface area contributed by atoms with Gasteiger partial charge >= 0.3 is 0 Å². The zero-order chi connectivity index (χ0) is 14.3. The van der Waals surface area contributed by atoms with E-state index in [0.717, 1.165) is 31.6 Å². The minimum absolute atomic E-state index is 0.423. The van der Waals surface area contributed by atoms with E-state index < -0.39 is 10.0 Å². The van der Waals surface area contributed by atoms with Crippen molar-refractivity contribution in [1.82, 2.24) is 9.21 Å². The number of sulfonamides is 1. The molecule has 3 rings (SSSR count). The van der Waals surface area contributed by atoms with Gasteiger partial charge in [0.15, 0.2) is 0 Å². The molecule has 0 radical (unpaired) electrons. The highest BCUT2D eigenvalue weighted by molar-refractivity contribution is 7.88. The summed E-state index contributed by atoms with van der Waals surface area (Å²) in [6.45, 7) is 2.81. The first-order valence-electron chi connectivity index (χ1n) is 7.02. The average Bonchev–Trinajstić information content (AvgIpc) is 2.80. The van der Waals surface area contributed by atoms with Crippen LogP contribution in [0.5, 0.6) is 0 Å². The molecule has 1 aromatic carbocycles. The van der Waals surface area contributed by atoms with Crippen LogP contribution in [-0.4, -0.2) is 50.1 Å². The Morgan fingerprint density at radius 2 is 1.90 bits per heavy atom. The molecule has 1 saturated heterocycles. The molecule has 1 aliphatic carbocycles. The van der Waals surface area contributed by atoms with E-state index >= 15 is 0 Å². The van der Waals surface area contributed by atoms with Crippen molar-refractivity contribution >= 4 is 15.7 Å². The Hall–Kier alpha value is -1.11. The van der Waals surface area contributed by atoms with Crippen LogP contribution < -0.4 is 5.73 Å². The second-order valence-corrected chi connectivity index (χ2v) is 7.69. The van der Waals surface area contributed by atoms with Gasteiger partial charge in [0.2, 0.25) is 10.0 Å². The Balaban J connectivity index is 1.72. The summed E-state index contributed by atoms with van der Waals surface area (Å²) in [5, 5.41) is 0. The van der Waals surface area contributed by atoms with E-state index in [2.05, 4.69) is 17.0 Å². The molecule has 6 heteroatoms. The van der Waals surface area contributed by atoms with Crippen LogP contribution in [0, 0.1) is 0 Å². The van der Waals surface area contributed by atoms with Gasteiger partial charge in [-0.2, -0.15) is 4.31 Å². The van der Waals surface area contributed by atoms with Gasteiger partial charge < -0.3 is 5.73 Å². The predicted octanol–water partition coefficient (Wildman–Crippen LogP) is 0.833. The molecule has 1 aromatic rings. The number of benzene rings is 1. The lowest BCUT2D eigenvalue weighted by Crippen LogP contribution is -2.49. The number of nitrogens with zero attached hydrogens (tertiary/aromatic N) is 2. The minimum Gasteiger partial charge on any atom is -0.399 e. The molecule has 0 amide bonds. The topological polar surface area (TPSA) is 66.6 Å². The van der Waals surface area contributed by atoms with E-state index in [-0.39, 0.29) is 0 Å². The van der Waals surface area contributed by atoms with Gasteiger partial charge in [0, 0.05) is 37.9 Å². The molecule has 1 aliphatic heterocycles. The Labute approximate surface area is 120 Å². The molecule has 110 valence electrons. The van der Waals surface area contributed by atoms with Gasteiger partial charge in [0.25, 0.3) is 0 Å². The number of hydrogen-bond donors (Lipinski definition) is 1. The third-order valence-corrected chi connectivity index (χ3v) is 5.70. The standard InChI is InChI=1S/C14H21N3O2S/c1-20(18,19)17-8-6-16(7-9-17)14-5-2-11-10-12(15)3-4-13(11)14/h3-4,10,14H,2,5-9,15H2,1H3. The van der Waals surface area contributed by atoms with E-state index in [1.54, 1.807) is 4.31 Å². The highest BCUT2D eigenvalue weighted by atomic mass is 32.2. The molecule has 2 N–H and O–H groups in total. The SMILES string of the molecule is CS(=O)(=O)N1CCN(C2CCc3cc(N)ccc32)CC1. The summed E-state index contributed by atoms with van der Waals surface area (Å²) in [7, 11) is -3.05. The Morgan fingerprint density at radius 1 is 1.20 bits per heavy atom. The van der Waals surface area contributed by atoms with Crippen molar-refractivity contribution in [2.24, 2.45) is 0 Å². The summed E-state index contributed by atoms with van der Waals surface area (Å²) in [5.41, 5.74) is 9.37. The first-order valence-corrected chi connectivity index (χ1v) is 8.87. The van der Waals surface area contributed by atoms with E-state index in [0.29, 0.717) is 19.1 Å². The normalized spacial score (nSPS) is 24.8. The van der Waals surface area contributed by atoms with E-state index in [9.17, 15) is 8.42 Å². The molecule has 2 aliphatic rings. The summed E-state index contributed by atoms with van der Waals surface area (Å²) in [6, 6.07) is 6.59. The van der Waals surface area contributed by atoms with E-state index in [4.69, 9.17) is 5.73 Å². The Kier molecular flexibility index (Phi) is 3.48. The predicted molar refractivity (Wildman–Crippen MR) is 79.9 cm³/mol. The molecule has 5 nitrogen and oxygen atoms in total. The molecule has 20 heavy (non-hydrogen) atoms. The summed E-state index contributed by atoms with van der Waals surface area (Å²) < 4.78 is 24.7. The summed E-state index contributed by atoms with van der Waals surface area (Å²) in [5.74, 6) is 0. The molecule has 1 fully saturated rings. The van der Waals surface area contributed by atoms with Gasteiger partial charge in [-0.15, -0.1) is 0 Å². The first-order chi connectivity index (χ1) is 9.45. The maximum absolute atomic E-state index is 11.5. The summed E-state index contributed by atoms with van der Waals surface area (Å²) >= 11 is 0. The van der Waals surface area contributed by atoms with Gasteiger partial charge in [-0.1, -0.05) is 6.07 Å². The van der Waals surface area contributed by atoms with Crippen molar-refractivity contribution in [2.75, 3.05) is 38.2 Å². The van der Waals surface area contributed by atoms with Crippen LogP contribution in [0.2, 0.25) is 0 Å². The maximum Gasteiger partial charge on any atom is 0.211 e. The summed E-state index contributed by atoms with van der Waals surface area (Å²) in [6.07, 6.45) is 3.46. The lowest BCUT2D eigenvalue weighted by Gasteiger charge is -2.37. The average molecular weight is 295 g/mol.